The van der Waals surface area contributed by atoms with Crippen LogP contribution in [0.1, 0.15) is 29.1 Å². The standard InChI is InChI=1S/C10H13N5O4S2/c1-4-6-11-5(2)7(19-6)8(16)12-9-13-14-10(20-9)15-21(3,17)18/h4H2,1-3H3,(H,14,15)(H,12,13,16). The van der Waals surface area contributed by atoms with Crippen molar-refractivity contribution in [1.29, 1.82) is 0 Å². The molecule has 11 heteroatoms. The van der Waals surface area contributed by atoms with E-state index in [0.717, 1.165) is 17.6 Å². The maximum Gasteiger partial charge on any atom is 0.295 e. The Bertz CT molecular complexity index is 764. The summed E-state index contributed by atoms with van der Waals surface area (Å²) in [6, 6.07) is 0. The summed E-state index contributed by atoms with van der Waals surface area (Å²) < 4.78 is 29.6. The molecule has 0 saturated carbocycles. The van der Waals surface area contributed by atoms with E-state index < -0.39 is 15.9 Å². The molecule has 2 N–H and O–H groups in total. The highest BCUT2D eigenvalue weighted by atomic mass is 32.2. The van der Waals surface area contributed by atoms with Crippen LogP contribution in [-0.2, 0) is 16.4 Å². The van der Waals surface area contributed by atoms with Gasteiger partial charge in [-0.25, -0.2) is 13.4 Å². The van der Waals surface area contributed by atoms with E-state index in [1.54, 1.807) is 6.92 Å². The van der Waals surface area contributed by atoms with Crippen molar-refractivity contribution in [2.45, 2.75) is 20.3 Å². The lowest BCUT2D eigenvalue weighted by atomic mass is 10.3. The van der Waals surface area contributed by atoms with E-state index in [2.05, 4.69) is 25.2 Å². The van der Waals surface area contributed by atoms with Crippen LogP contribution in [-0.4, -0.2) is 35.8 Å². The number of hydrogen-bond donors (Lipinski definition) is 2. The summed E-state index contributed by atoms with van der Waals surface area (Å²) in [7, 11) is -3.43. The molecule has 2 aromatic heterocycles. The molecule has 0 aliphatic heterocycles. The number of nitrogens with one attached hydrogen (secondary N) is 2. The molecule has 0 spiro atoms. The van der Waals surface area contributed by atoms with Gasteiger partial charge < -0.3 is 4.42 Å². The fourth-order valence-corrected chi connectivity index (χ4v) is 2.91. The van der Waals surface area contributed by atoms with E-state index >= 15 is 0 Å². The molecule has 1 amide bonds. The SMILES string of the molecule is CCc1nc(C)c(C(=O)Nc2nnc(NS(C)(=O)=O)s2)o1. The minimum absolute atomic E-state index is 0.0661. The van der Waals surface area contributed by atoms with Gasteiger partial charge >= 0.3 is 0 Å². The van der Waals surface area contributed by atoms with Crippen LogP contribution in [0.15, 0.2) is 4.42 Å². The van der Waals surface area contributed by atoms with Gasteiger partial charge in [-0.1, -0.05) is 18.3 Å². The molecule has 0 bridgehead atoms. The maximum atomic E-state index is 12.0. The monoisotopic (exact) mass is 331 g/mol. The Balaban J connectivity index is 2.11. The zero-order chi connectivity index (χ0) is 15.6. The topological polar surface area (TPSA) is 127 Å². The Hall–Kier alpha value is -2.01. The van der Waals surface area contributed by atoms with Crippen LogP contribution in [0.4, 0.5) is 10.3 Å². The molecule has 0 aliphatic carbocycles. The largest absolute Gasteiger partial charge is 0.435 e. The maximum absolute atomic E-state index is 12.0. The third kappa shape index (κ3) is 3.98. The van der Waals surface area contributed by atoms with Crippen molar-refractivity contribution in [2.75, 3.05) is 16.3 Å². The van der Waals surface area contributed by atoms with Gasteiger partial charge in [0.05, 0.1) is 11.9 Å². The van der Waals surface area contributed by atoms with Gasteiger partial charge in [0.1, 0.15) is 0 Å². The molecule has 0 unspecified atom stereocenters. The van der Waals surface area contributed by atoms with Crippen LogP contribution in [0.25, 0.3) is 0 Å². The van der Waals surface area contributed by atoms with Gasteiger partial charge in [-0.05, 0) is 6.92 Å². The quantitative estimate of drug-likeness (QED) is 0.837. The Morgan fingerprint density at radius 1 is 1.33 bits per heavy atom. The molecule has 0 saturated heterocycles. The molecule has 0 radical (unpaired) electrons. The van der Waals surface area contributed by atoms with Crippen molar-refractivity contribution in [3.63, 3.8) is 0 Å². The molecule has 2 aromatic rings. The fraction of sp³-hybridized carbons (Fsp3) is 0.400. The number of carbonyl (C=O) groups is 1. The molecular weight excluding hydrogens is 318 g/mol. The van der Waals surface area contributed by atoms with E-state index in [-0.39, 0.29) is 16.0 Å². The van der Waals surface area contributed by atoms with E-state index in [9.17, 15) is 13.2 Å². The lowest BCUT2D eigenvalue weighted by Gasteiger charge is -1.97. The van der Waals surface area contributed by atoms with Crippen molar-refractivity contribution in [2.24, 2.45) is 0 Å². The molecule has 2 heterocycles. The highest BCUT2D eigenvalue weighted by Gasteiger charge is 2.19. The van der Waals surface area contributed by atoms with Gasteiger partial charge in [-0.15, -0.1) is 10.2 Å². The summed E-state index contributed by atoms with van der Waals surface area (Å²) in [6.07, 6.45) is 1.58. The van der Waals surface area contributed by atoms with Crippen molar-refractivity contribution in [3.05, 3.63) is 17.3 Å². The van der Waals surface area contributed by atoms with Crippen molar-refractivity contribution in [1.82, 2.24) is 15.2 Å². The molecule has 9 nitrogen and oxygen atoms in total. The number of amides is 1. The predicted octanol–water partition coefficient (Wildman–Crippen LogP) is 1.02. The highest BCUT2D eigenvalue weighted by Crippen LogP contribution is 2.22. The first kappa shape index (κ1) is 15.4. The highest BCUT2D eigenvalue weighted by molar-refractivity contribution is 7.92. The lowest BCUT2D eigenvalue weighted by Crippen LogP contribution is -2.12. The predicted molar refractivity (Wildman–Crippen MR) is 76.9 cm³/mol. The third-order valence-corrected chi connectivity index (χ3v) is 3.72. The average Bonchev–Trinajstić information content (AvgIpc) is 2.94. The van der Waals surface area contributed by atoms with Crippen LogP contribution in [0.3, 0.4) is 0 Å². The van der Waals surface area contributed by atoms with E-state index in [1.165, 1.54) is 0 Å². The number of anilines is 2. The number of oxazole rings is 1. The number of sulfonamides is 1. The van der Waals surface area contributed by atoms with Crippen LogP contribution in [0.5, 0.6) is 0 Å². The van der Waals surface area contributed by atoms with Crippen molar-refractivity contribution >= 4 is 37.5 Å². The number of rotatable bonds is 5. The molecule has 2 rings (SSSR count). The number of hydrogen-bond acceptors (Lipinski definition) is 8. The van der Waals surface area contributed by atoms with Crippen LogP contribution < -0.4 is 10.0 Å². The molecule has 114 valence electrons. The second-order valence-corrected chi connectivity index (χ2v) is 6.84. The second-order valence-electron chi connectivity index (χ2n) is 4.12. The molecule has 21 heavy (non-hydrogen) atoms. The summed E-state index contributed by atoms with van der Waals surface area (Å²) in [5.74, 6) is 0.0516. The fourth-order valence-electron chi connectivity index (χ4n) is 1.44. The van der Waals surface area contributed by atoms with Crippen LogP contribution >= 0.6 is 11.3 Å². The summed E-state index contributed by atoms with van der Waals surface area (Å²) in [5, 5.41) is 9.98. The molecule has 0 atom stereocenters. The number of nitrogens with zero attached hydrogens (tertiary/aromatic N) is 3. The van der Waals surface area contributed by atoms with Gasteiger partial charge in [0.15, 0.2) is 5.89 Å². The first-order valence-electron chi connectivity index (χ1n) is 5.87. The summed E-state index contributed by atoms with van der Waals surface area (Å²) in [6.45, 7) is 3.52. The Kier molecular flexibility index (Phi) is 4.23. The summed E-state index contributed by atoms with van der Waals surface area (Å²) in [5.41, 5.74) is 0.475. The van der Waals surface area contributed by atoms with Crippen molar-refractivity contribution in [3.8, 4) is 0 Å². The Labute approximate surface area is 124 Å². The number of aryl methyl sites for hydroxylation is 2. The third-order valence-electron chi connectivity index (χ3n) is 2.27. The minimum Gasteiger partial charge on any atom is -0.435 e. The zero-order valence-corrected chi connectivity index (χ0v) is 13.1. The summed E-state index contributed by atoms with van der Waals surface area (Å²) in [4.78, 5) is 16.1. The zero-order valence-electron chi connectivity index (χ0n) is 11.5. The number of aromatic nitrogens is 3. The minimum atomic E-state index is -3.43. The smallest absolute Gasteiger partial charge is 0.295 e. The first-order chi connectivity index (χ1) is 9.78. The molecular formula is C10H13N5O4S2. The average molecular weight is 331 g/mol. The van der Waals surface area contributed by atoms with Crippen molar-refractivity contribution < 1.29 is 17.6 Å². The van der Waals surface area contributed by atoms with E-state index in [1.807, 2.05) is 6.92 Å². The van der Waals surface area contributed by atoms with Gasteiger partial charge in [0.25, 0.3) is 5.91 Å². The van der Waals surface area contributed by atoms with Gasteiger partial charge in [0, 0.05) is 6.42 Å². The van der Waals surface area contributed by atoms with E-state index in [0.29, 0.717) is 18.0 Å². The second kappa shape index (κ2) is 5.77. The van der Waals surface area contributed by atoms with E-state index in [4.69, 9.17) is 4.42 Å². The molecule has 0 aromatic carbocycles. The molecule has 0 aliphatic rings. The first-order valence-corrected chi connectivity index (χ1v) is 8.58. The Morgan fingerprint density at radius 2 is 2.00 bits per heavy atom. The number of carbonyl (C=O) groups excluding carboxylic acids is 1. The van der Waals surface area contributed by atoms with Crippen LogP contribution in [0, 0.1) is 6.92 Å². The molecule has 0 fully saturated rings. The lowest BCUT2D eigenvalue weighted by molar-refractivity contribution is 0.0994. The summed E-state index contributed by atoms with van der Waals surface area (Å²) >= 11 is 0.895. The van der Waals surface area contributed by atoms with Gasteiger partial charge in [0.2, 0.25) is 26.0 Å². The Morgan fingerprint density at radius 3 is 2.57 bits per heavy atom. The van der Waals surface area contributed by atoms with Gasteiger partial charge in [-0.3, -0.25) is 14.8 Å². The van der Waals surface area contributed by atoms with Gasteiger partial charge in [-0.2, -0.15) is 0 Å². The normalized spacial score (nSPS) is 11.4. The van der Waals surface area contributed by atoms with Crippen LogP contribution in [0.2, 0.25) is 0 Å².